The van der Waals surface area contributed by atoms with E-state index in [1.807, 2.05) is 24.3 Å². The molecule has 0 aliphatic rings. The summed E-state index contributed by atoms with van der Waals surface area (Å²) in [6, 6.07) is 9.49. The fourth-order valence-corrected chi connectivity index (χ4v) is 1.33. The van der Waals surface area contributed by atoms with Gasteiger partial charge >= 0.3 is 0 Å². The fourth-order valence-electron chi connectivity index (χ4n) is 1.07. The van der Waals surface area contributed by atoms with Gasteiger partial charge in [-0.1, -0.05) is 15.9 Å². The summed E-state index contributed by atoms with van der Waals surface area (Å²) < 4.78 is 1.04. The van der Waals surface area contributed by atoms with Crippen LogP contribution in [0, 0.1) is 0 Å². The summed E-state index contributed by atoms with van der Waals surface area (Å²) in [4.78, 5) is 8.03. The minimum absolute atomic E-state index is 0.576. The number of anilines is 1. The van der Waals surface area contributed by atoms with E-state index in [9.17, 15) is 0 Å². The molecule has 0 atom stereocenters. The van der Waals surface area contributed by atoms with Crippen LogP contribution >= 0.6 is 15.9 Å². The minimum Gasteiger partial charge on any atom is -0.278 e. The van der Waals surface area contributed by atoms with Gasteiger partial charge in [0.1, 0.15) is 0 Å². The Balaban J connectivity index is 1.97. The van der Waals surface area contributed by atoms with Crippen molar-refractivity contribution in [2.24, 2.45) is 5.10 Å². The van der Waals surface area contributed by atoms with Crippen LogP contribution in [0.1, 0.15) is 5.82 Å². The van der Waals surface area contributed by atoms with Gasteiger partial charge in [-0.2, -0.15) is 5.10 Å². The number of hydrazone groups is 1. The highest BCUT2D eigenvalue weighted by Crippen LogP contribution is 2.13. The largest absolute Gasteiger partial charge is 0.278 e. The van der Waals surface area contributed by atoms with Gasteiger partial charge in [-0.15, -0.1) is 0 Å². The number of rotatable bonds is 3. The van der Waals surface area contributed by atoms with E-state index in [1.165, 1.54) is 0 Å². The van der Waals surface area contributed by atoms with Crippen LogP contribution in [0.25, 0.3) is 0 Å². The molecule has 0 bridgehead atoms. The molecule has 0 saturated heterocycles. The van der Waals surface area contributed by atoms with Crippen LogP contribution < -0.4 is 5.43 Å². The first-order valence-corrected chi connectivity index (χ1v) is 5.45. The topological polar surface area (TPSA) is 50.2 Å². The van der Waals surface area contributed by atoms with Crippen LogP contribution in [0.15, 0.2) is 52.3 Å². The van der Waals surface area contributed by atoms with E-state index >= 15 is 0 Å². The number of nitrogens with zero attached hydrogens (tertiary/aromatic N) is 3. The summed E-state index contributed by atoms with van der Waals surface area (Å²) in [5.41, 5.74) is 3.80. The van der Waals surface area contributed by atoms with Crippen molar-refractivity contribution in [2.75, 3.05) is 5.43 Å². The lowest BCUT2D eigenvalue weighted by molar-refractivity contribution is 1.14. The van der Waals surface area contributed by atoms with Gasteiger partial charge in [0.25, 0.3) is 0 Å². The Morgan fingerprint density at radius 1 is 1.12 bits per heavy atom. The van der Waals surface area contributed by atoms with Crippen LogP contribution in [-0.4, -0.2) is 16.2 Å². The second-order valence-corrected chi connectivity index (χ2v) is 3.90. The molecule has 0 amide bonds. The van der Waals surface area contributed by atoms with E-state index in [1.54, 1.807) is 24.7 Å². The molecule has 2 rings (SSSR count). The Hall–Kier alpha value is -1.75. The second kappa shape index (κ2) is 5.37. The van der Waals surface area contributed by atoms with Crippen LogP contribution in [-0.2, 0) is 0 Å². The number of benzene rings is 1. The number of nitrogens with one attached hydrogen (secondary N) is 1. The van der Waals surface area contributed by atoms with Crippen molar-refractivity contribution in [3.8, 4) is 0 Å². The van der Waals surface area contributed by atoms with Gasteiger partial charge < -0.3 is 0 Å². The third kappa shape index (κ3) is 3.13. The molecule has 0 radical (unpaired) electrons. The Kier molecular flexibility index (Phi) is 3.61. The first-order valence-electron chi connectivity index (χ1n) is 4.66. The van der Waals surface area contributed by atoms with Gasteiger partial charge in [-0.25, -0.2) is 9.97 Å². The maximum Gasteiger partial charge on any atom is 0.172 e. The summed E-state index contributed by atoms with van der Waals surface area (Å²) in [7, 11) is 0. The normalized spacial score (nSPS) is 10.6. The Morgan fingerprint density at radius 3 is 2.50 bits per heavy atom. The van der Waals surface area contributed by atoms with Gasteiger partial charge in [-0.05, 0) is 30.3 Å². The second-order valence-electron chi connectivity index (χ2n) is 2.98. The van der Waals surface area contributed by atoms with Crippen molar-refractivity contribution >= 4 is 27.8 Å². The van der Waals surface area contributed by atoms with E-state index in [-0.39, 0.29) is 0 Å². The highest BCUT2D eigenvalue weighted by Gasteiger charge is 1.90. The summed E-state index contributed by atoms with van der Waals surface area (Å²) in [6.07, 6.45) is 4.92. The first kappa shape index (κ1) is 10.8. The zero-order valence-electron chi connectivity index (χ0n) is 8.34. The first-order chi connectivity index (χ1) is 7.84. The van der Waals surface area contributed by atoms with Gasteiger partial charge in [-0.3, -0.25) is 5.43 Å². The molecule has 0 saturated carbocycles. The molecule has 80 valence electrons. The molecular formula is C11H9BrN4. The third-order valence-corrected chi connectivity index (χ3v) is 2.33. The molecule has 0 aliphatic carbocycles. The molecule has 4 nitrogen and oxygen atoms in total. The fraction of sp³-hybridized carbons (Fsp3) is 0. The number of halogens is 1. The van der Waals surface area contributed by atoms with Gasteiger partial charge in [0.2, 0.25) is 0 Å². The van der Waals surface area contributed by atoms with E-state index in [2.05, 4.69) is 36.4 Å². The summed E-state index contributed by atoms with van der Waals surface area (Å²) >= 11 is 3.36. The van der Waals surface area contributed by atoms with E-state index in [0.717, 1.165) is 10.2 Å². The molecule has 1 aromatic carbocycles. The Morgan fingerprint density at radius 2 is 1.81 bits per heavy atom. The summed E-state index contributed by atoms with van der Waals surface area (Å²) in [5, 5.41) is 4.03. The molecule has 0 spiro atoms. The van der Waals surface area contributed by atoms with Crippen LogP contribution in [0.4, 0.5) is 5.69 Å². The Labute approximate surface area is 102 Å². The van der Waals surface area contributed by atoms with Crippen LogP contribution in [0.2, 0.25) is 0 Å². The van der Waals surface area contributed by atoms with Crippen molar-refractivity contribution in [3.63, 3.8) is 0 Å². The van der Waals surface area contributed by atoms with Crippen molar-refractivity contribution in [3.05, 3.63) is 53.0 Å². The SMILES string of the molecule is Brc1ccc(N/N=C/c2ncccn2)cc1. The molecule has 0 aliphatic heterocycles. The van der Waals surface area contributed by atoms with E-state index in [4.69, 9.17) is 0 Å². The number of aromatic nitrogens is 2. The molecule has 2 aromatic rings. The zero-order valence-corrected chi connectivity index (χ0v) is 9.92. The lowest BCUT2D eigenvalue weighted by Gasteiger charge is -1.98. The zero-order chi connectivity index (χ0) is 11.2. The average Bonchev–Trinajstić information content (AvgIpc) is 2.33. The summed E-state index contributed by atoms with van der Waals surface area (Å²) in [6.45, 7) is 0. The monoisotopic (exact) mass is 276 g/mol. The predicted molar refractivity (Wildman–Crippen MR) is 67.4 cm³/mol. The van der Waals surface area contributed by atoms with Crippen LogP contribution in [0.3, 0.4) is 0 Å². The van der Waals surface area contributed by atoms with Gasteiger partial charge in [0.15, 0.2) is 5.82 Å². The summed E-state index contributed by atoms with van der Waals surface area (Å²) in [5.74, 6) is 0.576. The van der Waals surface area contributed by atoms with Crippen molar-refractivity contribution < 1.29 is 0 Å². The van der Waals surface area contributed by atoms with Crippen molar-refractivity contribution in [1.29, 1.82) is 0 Å². The molecule has 0 fully saturated rings. The third-order valence-electron chi connectivity index (χ3n) is 1.80. The molecule has 5 heteroatoms. The molecule has 1 aromatic heterocycles. The lowest BCUT2D eigenvalue weighted by atomic mass is 10.3. The Bertz CT molecular complexity index is 467. The quantitative estimate of drug-likeness (QED) is 0.693. The van der Waals surface area contributed by atoms with E-state index in [0.29, 0.717) is 5.82 Å². The molecule has 1 heterocycles. The van der Waals surface area contributed by atoms with Gasteiger partial charge in [0, 0.05) is 16.9 Å². The molecule has 16 heavy (non-hydrogen) atoms. The molecular weight excluding hydrogens is 268 g/mol. The minimum atomic E-state index is 0.576. The average molecular weight is 277 g/mol. The van der Waals surface area contributed by atoms with Crippen molar-refractivity contribution in [1.82, 2.24) is 9.97 Å². The smallest absolute Gasteiger partial charge is 0.172 e. The van der Waals surface area contributed by atoms with E-state index < -0.39 is 0 Å². The van der Waals surface area contributed by atoms with Gasteiger partial charge in [0.05, 0.1) is 11.9 Å². The number of hydrogen-bond donors (Lipinski definition) is 1. The molecule has 1 N–H and O–H groups in total. The van der Waals surface area contributed by atoms with Crippen molar-refractivity contribution in [2.45, 2.75) is 0 Å². The number of hydrogen-bond acceptors (Lipinski definition) is 4. The molecule has 0 unspecified atom stereocenters. The lowest BCUT2D eigenvalue weighted by Crippen LogP contribution is -1.94. The predicted octanol–water partition coefficient (Wildman–Crippen LogP) is 2.69. The maximum atomic E-state index is 4.03. The standard InChI is InChI=1S/C11H9BrN4/c12-9-2-4-10(5-3-9)16-15-8-11-13-6-1-7-14-11/h1-8,16H/b15-8+. The highest BCUT2D eigenvalue weighted by molar-refractivity contribution is 9.10. The van der Waals surface area contributed by atoms with Crippen LogP contribution in [0.5, 0.6) is 0 Å². The highest BCUT2D eigenvalue weighted by atomic mass is 79.9. The maximum absolute atomic E-state index is 4.03.